The summed E-state index contributed by atoms with van der Waals surface area (Å²) in [6.07, 6.45) is -0.0605. The van der Waals surface area contributed by atoms with Crippen LogP contribution in [0, 0.1) is 0 Å². The zero-order valence-corrected chi connectivity index (χ0v) is 11.1. The van der Waals surface area contributed by atoms with Gasteiger partial charge in [0.1, 0.15) is 12.4 Å². The van der Waals surface area contributed by atoms with Crippen LogP contribution in [0.4, 0.5) is 0 Å². The van der Waals surface area contributed by atoms with Crippen molar-refractivity contribution in [3.8, 4) is 5.75 Å². The highest BCUT2D eigenvalue weighted by Gasteiger charge is 2.09. The van der Waals surface area contributed by atoms with E-state index in [1.165, 1.54) is 0 Å². The Morgan fingerprint density at radius 1 is 1.10 bits per heavy atom. The largest absolute Gasteiger partial charge is 0.489 e. The fourth-order valence-corrected chi connectivity index (χ4v) is 1.90. The predicted octanol–water partition coefficient (Wildman–Crippen LogP) is 2.35. The van der Waals surface area contributed by atoms with Crippen LogP contribution in [0.2, 0.25) is 0 Å². The molecule has 0 fully saturated rings. The average Bonchev–Trinajstić information content (AvgIpc) is 2.47. The molecule has 0 amide bonds. The SMILES string of the molecule is NCc1ccc(CC(=O)O)c(OCc2ccccc2)c1. The quantitative estimate of drug-likeness (QED) is 0.846. The van der Waals surface area contributed by atoms with Gasteiger partial charge in [-0.1, -0.05) is 42.5 Å². The molecule has 0 atom stereocenters. The number of rotatable bonds is 6. The van der Waals surface area contributed by atoms with E-state index in [0.717, 1.165) is 11.1 Å². The summed E-state index contributed by atoms with van der Waals surface area (Å²) in [5.41, 5.74) is 8.22. The van der Waals surface area contributed by atoms with Crippen LogP contribution in [-0.2, 0) is 24.4 Å². The topological polar surface area (TPSA) is 72.6 Å². The van der Waals surface area contributed by atoms with Crippen LogP contribution in [0.1, 0.15) is 16.7 Å². The number of carboxylic acid groups (broad SMARTS) is 1. The molecule has 0 aliphatic heterocycles. The molecule has 0 radical (unpaired) electrons. The molecule has 4 heteroatoms. The number of aliphatic carboxylic acids is 1. The van der Waals surface area contributed by atoms with Crippen molar-refractivity contribution in [1.29, 1.82) is 0 Å². The van der Waals surface area contributed by atoms with Crippen molar-refractivity contribution in [2.45, 2.75) is 19.6 Å². The molecule has 104 valence electrons. The molecule has 0 heterocycles. The highest BCUT2D eigenvalue weighted by Crippen LogP contribution is 2.22. The van der Waals surface area contributed by atoms with E-state index in [0.29, 0.717) is 24.5 Å². The van der Waals surface area contributed by atoms with E-state index in [2.05, 4.69) is 0 Å². The van der Waals surface area contributed by atoms with Gasteiger partial charge in [0.05, 0.1) is 6.42 Å². The third kappa shape index (κ3) is 3.83. The Morgan fingerprint density at radius 2 is 1.85 bits per heavy atom. The summed E-state index contributed by atoms with van der Waals surface area (Å²) in [4.78, 5) is 10.9. The van der Waals surface area contributed by atoms with E-state index in [-0.39, 0.29) is 6.42 Å². The molecule has 0 bridgehead atoms. The van der Waals surface area contributed by atoms with Gasteiger partial charge in [-0.05, 0) is 17.2 Å². The normalized spacial score (nSPS) is 10.2. The smallest absolute Gasteiger partial charge is 0.307 e. The van der Waals surface area contributed by atoms with Gasteiger partial charge >= 0.3 is 5.97 Å². The van der Waals surface area contributed by atoms with E-state index >= 15 is 0 Å². The summed E-state index contributed by atoms with van der Waals surface area (Å²) in [6, 6.07) is 15.1. The lowest BCUT2D eigenvalue weighted by molar-refractivity contribution is -0.136. The van der Waals surface area contributed by atoms with Crippen LogP contribution in [0.25, 0.3) is 0 Å². The fraction of sp³-hybridized carbons (Fsp3) is 0.188. The average molecular weight is 271 g/mol. The van der Waals surface area contributed by atoms with E-state index in [1.54, 1.807) is 12.1 Å². The van der Waals surface area contributed by atoms with Gasteiger partial charge in [-0.25, -0.2) is 0 Å². The molecule has 0 saturated heterocycles. The minimum absolute atomic E-state index is 0.0605. The van der Waals surface area contributed by atoms with E-state index in [1.807, 2.05) is 36.4 Å². The van der Waals surface area contributed by atoms with Gasteiger partial charge in [0.2, 0.25) is 0 Å². The van der Waals surface area contributed by atoms with E-state index in [9.17, 15) is 4.79 Å². The zero-order valence-electron chi connectivity index (χ0n) is 11.1. The molecule has 0 spiro atoms. The summed E-state index contributed by atoms with van der Waals surface area (Å²) in [5.74, 6) is -0.297. The molecule has 2 aromatic carbocycles. The Hall–Kier alpha value is -2.33. The first-order chi connectivity index (χ1) is 9.69. The molecule has 0 aliphatic rings. The van der Waals surface area contributed by atoms with Crippen LogP contribution < -0.4 is 10.5 Å². The summed E-state index contributed by atoms with van der Waals surface area (Å²) in [7, 11) is 0. The Balaban J connectivity index is 2.17. The highest BCUT2D eigenvalue weighted by molar-refractivity contribution is 5.71. The van der Waals surface area contributed by atoms with E-state index in [4.69, 9.17) is 15.6 Å². The maximum Gasteiger partial charge on any atom is 0.307 e. The third-order valence-electron chi connectivity index (χ3n) is 2.95. The van der Waals surface area contributed by atoms with E-state index < -0.39 is 5.97 Å². The van der Waals surface area contributed by atoms with Gasteiger partial charge in [0.15, 0.2) is 0 Å². The number of hydrogen-bond acceptors (Lipinski definition) is 3. The van der Waals surface area contributed by atoms with Crippen molar-refractivity contribution >= 4 is 5.97 Å². The Morgan fingerprint density at radius 3 is 2.50 bits per heavy atom. The van der Waals surface area contributed by atoms with Crippen molar-refractivity contribution in [1.82, 2.24) is 0 Å². The lowest BCUT2D eigenvalue weighted by Gasteiger charge is -2.12. The van der Waals surface area contributed by atoms with Gasteiger partial charge < -0.3 is 15.6 Å². The van der Waals surface area contributed by atoms with Crippen molar-refractivity contribution in [2.75, 3.05) is 0 Å². The first-order valence-corrected chi connectivity index (χ1v) is 6.39. The Kier molecular flexibility index (Phi) is 4.74. The van der Waals surface area contributed by atoms with Crippen molar-refractivity contribution in [2.24, 2.45) is 5.73 Å². The highest BCUT2D eigenvalue weighted by atomic mass is 16.5. The first-order valence-electron chi connectivity index (χ1n) is 6.39. The van der Waals surface area contributed by atoms with Crippen LogP contribution >= 0.6 is 0 Å². The van der Waals surface area contributed by atoms with Crippen LogP contribution in [-0.4, -0.2) is 11.1 Å². The number of carbonyl (C=O) groups is 1. The number of carboxylic acids is 1. The number of nitrogens with two attached hydrogens (primary N) is 1. The third-order valence-corrected chi connectivity index (χ3v) is 2.95. The molecule has 3 N–H and O–H groups in total. The maximum absolute atomic E-state index is 10.9. The predicted molar refractivity (Wildman–Crippen MR) is 76.4 cm³/mol. The molecule has 2 rings (SSSR count). The van der Waals surface area contributed by atoms with Gasteiger partial charge in [0, 0.05) is 12.1 Å². The second-order valence-electron chi connectivity index (χ2n) is 4.49. The molecule has 0 unspecified atom stereocenters. The molecular weight excluding hydrogens is 254 g/mol. The van der Waals surface area contributed by atoms with Crippen molar-refractivity contribution in [3.63, 3.8) is 0 Å². The lowest BCUT2D eigenvalue weighted by atomic mass is 10.1. The summed E-state index contributed by atoms with van der Waals surface area (Å²) in [6.45, 7) is 0.802. The van der Waals surface area contributed by atoms with Gasteiger partial charge in [-0.3, -0.25) is 4.79 Å². The number of ether oxygens (including phenoxy) is 1. The standard InChI is InChI=1S/C16H17NO3/c17-10-13-6-7-14(9-16(18)19)15(8-13)20-11-12-4-2-1-3-5-12/h1-8H,9-11,17H2,(H,18,19). The van der Waals surface area contributed by atoms with Crippen LogP contribution in [0.3, 0.4) is 0 Å². The minimum atomic E-state index is -0.880. The molecule has 0 aliphatic carbocycles. The Labute approximate surface area is 117 Å². The number of benzene rings is 2. The van der Waals surface area contributed by atoms with Crippen molar-refractivity contribution < 1.29 is 14.6 Å². The van der Waals surface area contributed by atoms with Gasteiger partial charge in [-0.2, -0.15) is 0 Å². The summed E-state index contributed by atoms with van der Waals surface area (Å²) in [5, 5.41) is 8.92. The molecular formula is C16H17NO3. The van der Waals surface area contributed by atoms with Crippen LogP contribution in [0.5, 0.6) is 5.75 Å². The second kappa shape index (κ2) is 6.73. The molecule has 20 heavy (non-hydrogen) atoms. The summed E-state index contributed by atoms with van der Waals surface area (Å²) < 4.78 is 5.75. The maximum atomic E-state index is 10.9. The molecule has 4 nitrogen and oxygen atoms in total. The fourth-order valence-electron chi connectivity index (χ4n) is 1.90. The van der Waals surface area contributed by atoms with Gasteiger partial charge in [0.25, 0.3) is 0 Å². The van der Waals surface area contributed by atoms with Gasteiger partial charge in [-0.15, -0.1) is 0 Å². The molecule has 0 saturated carbocycles. The molecule has 0 aromatic heterocycles. The van der Waals surface area contributed by atoms with Crippen molar-refractivity contribution in [3.05, 3.63) is 65.2 Å². The number of hydrogen-bond donors (Lipinski definition) is 2. The zero-order chi connectivity index (χ0) is 14.4. The Bertz CT molecular complexity index is 582. The molecule has 2 aromatic rings. The monoisotopic (exact) mass is 271 g/mol. The summed E-state index contributed by atoms with van der Waals surface area (Å²) >= 11 is 0. The van der Waals surface area contributed by atoms with Crippen LogP contribution in [0.15, 0.2) is 48.5 Å². The second-order valence-corrected chi connectivity index (χ2v) is 4.49. The lowest BCUT2D eigenvalue weighted by Crippen LogP contribution is -2.06. The first kappa shape index (κ1) is 14.1. The minimum Gasteiger partial charge on any atom is -0.489 e.